The Morgan fingerprint density at radius 3 is 0.500 bits per heavy atom. The predicted octanol–water partition coefficient (Wildman–Crippen LogP) is 32.3. The second kappa shape index (κ2) is 33.9. The van der Waals surface area contributed by atoms with Crippen LogP contribution in [0.5, 0.6) is 0 Å². The zero-order valence-corrected chi connectivity index (χ0v) is 71.1. The number of fused-ring (bicyclic) bond motifs is 12. The largest absolute Gasteiger partial charge is 0.309 e. The van der Waals surface area contributed by atoms with Gasteiger partial charge in [-0.05, 0) is 172 Å². The summed E-state index contributed by atoms with van der Waals surface area (Å²) in [5, 5.41) is 10.1. The SMILES string of the molecule is c1ccc(-c2cc(-c3cc(-n4c5ccccc5c5ccccc54)cc(-n4c5ccccc5c5ccccc54)c3)cc(-c3ccccc3)n2)cc1.c1ccc(-c2cc(-c3ccc(-n4c5ccccc5c5ccccc54)cc3)cc(-c3ccccc3)n2)cc1.c1ccc(-c2ccc(-c3cc(-c4ccc(-n5c6ccccc6c6ccccc65)cc4)cc(-c4ccccc4)n3)cc2)cc1. The smallest absolute Gasteiger partial charge is 0.0715 e. The molecule has 0 spiro atoms. The second-order valence-corrected chi connectivity index (χ2v) is 33.0. The highest BCUT2D eigenvalue weighted by molar-refractivity contribution is 6.13. The van der Waals surface area contributed by atoms with Crippen LogP contribution in [0.4, 0.5) is 0 Å². The van der Waals surface area contributed by atoms with Gasteiger partial charge < -0.3 is 18.3 Å². The van der Waals surface area contributed by atoms with E-state index in [9.17, 15) is 0 Å². The summed E-state index contributed by atoms with van der Waals surface area (Å²) in [7, 11) is 0. The van der Waals surface area contributed by atoms with Crippen LogP contribution in [0.2, 0.25) is 0 Å². The van der Waals surface area contributed by atoms with E-state index >= 15 is 0 Å². The number of hydrogen-bond acceptors (Lipinski definition) is 3. The number of para-hydroxylation sites is 8. The summed E-state index contributed by atoms with van der Waals surface area (Å²) in [5.41, 5.74) is 35.8. The van der Waals surface area contributed by atoms with Gasteiger partial charge in [-0.1, -0.05) is 376 Å². The summed E-state index contributed by atoms with van der Waals surface area (Å²) in [5.74, 6) is 0. The van der Waals surface area contributed by atoms with Crippen LogP contribution in [0.15, 0.2) is 504 Å². The first-order valence-electron chi connectivity index (χ1n) is 44.3. The zero-order valence-electron chi connectivity index (χ0n) is 71.1. The van der Waals surface area contributed by atoms with E-state index in [4.69, 9.17) is 15.0 Å². The molecule has 610 valence electrons. The molecule has 0 fully saturated rings. The molecule has 7 nitrogen and oxygen atoms in total. The van der Waals surface area contributed by atoms with Gasteiger partial charge >= 0.3 is 0 Å². The fourth-order valence-corrected chi connectivity index (χ4v) is 18.9. The number of rotatable bonds is 14. The first-order valence-corrected chi connectivity index (χ1v) is 44.3. The van der Waals surface area contributed by atoms with Crippen molar-refractivity contribution in [2.45, 2.75) is 0 Å². The molecule has 0 aliphatic carbocycles. The van der Waals surface area contributed by atoms with Gasteiger partial charge in [0.2, 0.25) is 0 Å². The van der Waals surface area contributed by atoms with Crippen molar-refractivity contribution in [3.8, 4) is 135 Å². The van der Waals surface area contributed by atoms with Gasteiger partial charge in [-0.15, -0.1) is 0 Å². The Balaban J connectivity index is 0.000000112. The quantitative estimate of drug-likeness (QED) is 0.109. The van der Waals surface area contributed by atoms with Crippen LogP contribution < -0.4 is 0 Å². The number of nitrogens with zero attached hydrogens (tertiary/aromatic N) is 7. The fourth-order valence-electron chi connectivity index (χ4n) is 18.9. The van der Waals surface area contributed by atoms with Crippen molar-refractivity contribution in [1.82, 2.24) is 33.2 Å². The monoisotopic (exact) mass is 1660 g/mol. The molecule has 25 aromatic rings. The van der Waals surface area contributed by atoms with E-state index < -0.39 is 0 Å². The third-order valence-corrected chi connectivity index (χ3v) is 25.1. The number of aromatic nitrogens is 7. The van der Waals surface area contributed by atoms with Crippen molar-refractivity contribution >= 4 is 87.2 Å². The minimum absolute atomic E-state index is 0.947. The molecule has 0 aliphatic heterocycles. The van der Waals surface area contributed by atoms with E-state index in [0.29, 0.717) is 0 Å². The molecule has 0 aliphatic rings. The molecule has 0 unspecified atom stereocenters. The van der Waals surface area contributed by atoms with Crippen LogP contribution in [0, 0.1) is 0 Å². The third-order valence-electron chi connectivity index (χ3n) is 25.1. The van der Waals surface area contributed by atoms with Gasteiger partial charge in [0.1, 0.15) is 0 Å². The van der Waals surface area contributed by atoms with Crippen LogP contribution in [0.3, 0.4) is 0 Å². The van der Waals surface area contributed by atoms with Crippen LogP contribution in [0.1, 0.15) is 0 Å². The third kappa shape index (κ3) is 14.7. The molecule has 25 rings (SSSR count). The lowest BCUT2D eigenvalue weighted by atomic mass is 9.98. The molecule has 0 saturated heterocycles. The highest BCUT2D eigenvalue weighted by atomic mass is 15.0. The molecule has 0 atom stereocenters. The van der Waals surface area contributed by atoms with Crippen molar-refractivity contribution in [2.75, 3.05) is 0 Å². The van der Waals surface area contributed by atoms with Gasteiger partial charge in [0.25, 0.3) is 0 Å². The molecule has 0 radical (unpaired) electrons. The summed E-state index contributed by atoms with van der Waals surface area (Å²) < 4.78 is 9.55. The first-order chi connectivity index (χ1) is 64.5. The summed E-state index contributed by atoms with van der Waals surface area (Å²) in [6.45, 7) is 0. The maximum absolute atomic E-state index is 5.20. The lowest BCUT2D eigenvalue weighted by Crippen LogP contribution is -2.00. The van der Waals surface area contributed by atoms with Crippen LogP contribution >= 0.6 is 0 Å². The molecule has 130 heavy (non-hydrogen) atoms. The summed E-state index contributed by atoms with van der Waals surface area (Å²) >= 11 is 0. The first kappa shape index (κ1) is 77.4. The second-order valence-electron chi connectivity index (χ2n) is 33.0. The van der Waals surface area contributed by atoms with E-state index in [0.717, 1.165) is 118 Å². The molecule has 7 heterocycles. The minimum atomic E-state index is 0.947. The van der Waals surface area contributed by atoms with E-state index in [1.807, 2.05) is 24.3 Å². The predicted molar refractivity (Wildman–Crippen MR) is 544 cm³/mol. The van der Waals surface area contributed by atoms with Crippen molar-refractivity contribution in [2.24, 2.45) is 0 Å². The van der Waals surface area contributed by atoms with Gasteiger partial charge in [0.05, 0.1) is 78.3 Å². The van der Waals surface area contributed by atoms with E-state index in [2.05, 4.69) is 498 Å². The summed E-state index contributed by atoms with van der Waals surface area (Å²) in [4.78, 5) is 15.3. The highest BCUT2D eigenvalue weighted by Gasteiger charge is 2.22. The Morgan fingerprint density at radius 2 is 0.262 bits per heavy atom. The van der Waals surface area contributed by atoms with E-state index in [1.165, 1.54) is 104 Å². The minimum Gasteiger partial charge on any atom is -0.309 e. The van der Waals surface area contributed by atoms with E-state index in [-0.39, 0.29) is 0 Å². The van der Waals surface area contributed by atoms with Gasteiger partial charge in [0.15, 0.2) is 0 Å². The van der Waals surface area contributed by atoms with Crippen molar-refractivity contribution in [3.05, 3.63) is 504 Å². The number of benzene rings is 18. The maximum Gasteiger partial charge on any atom is 0.0715 e. The van der Waals surface area contributed by atoms with Gasteiger partial charge in [-0.25, -0.2) is 15.0 Å². The standard InChI is InChI=1S/C47H31N3.C41H28N2.C35H24N2/c1-3-15-32(16-4-1)42-29-35(30-43(48-42)33-17-5-2-6-18-33)34-27-36(49-44-23-11-7-19-38(44)39-20-8-12-24-45(39)49)31-37(28-34)50-46-25-13-9-21-40(46)41-22-10-14-26-47(41)50;1-3-11-29(12-4-1)30-19-21-33(22-20-30)39-28-34(27-38(42-39)32-13-5-2-6-14-32)31-23-25-35(26-24-31)43-40-17-9-7-15-36(40)37-16-8-10-18-41(37)43;1-3-11-26(12-4-1)32-23-28(24-33(36-32)27-13-5-2-6-14-27)25-19-21-29(22-20-25)37-34-17-9-7-15-30(34)31-16-8-10-18-35(31)37/h1-31H;1-28H;1-24H. The van der Waals surface area contributed by atoms with E-state index in [1.54, 1.807) is 0 Å². The van der Waals surface area contributed by atoms with Crippen molar-refractivity contribution in [3.63, 3.8) is 0 Å². The molecule has 7 heteroatoms. The molecule has 0 saturated carbocycles. The van der Waals surface area contributed by atoms with Gasteiger partial charge in [0, 0.05) is 99.2 Å². The molecular weight excluding hydrogens is 1580 g/mol. The Hall–Kier alpha value is -17.4. The van der Waals surface area contributed by atoms with Crippen molar-refractivity contribution < 1.29 is 0 Å². The van der Waals surface area contributed by atoms with Crippen LogP contribution in [-0.2, 0) is 0 Å². The van der Waals surface area contributed by atoms with Crippen LogP contribution in [0.25, 0.3) is 222 Å². The molecule has 0 amide bonds. The normalized spacial score (nSPS) is 11.4. The molecule has 0 N–H and O–H groups in total. The Bertz CT molecular complexity index is 8010. The average molecular weight is 1660 g/mol. The molecule has 0 bridgehead atoms. The maximum atomic E-state index is 5.20. The number of hydrogen-bond donors (Lipinski definition) is 0. The van der Waals surface area contributed by atoms with Gasteiger partial charge in [-0.2, -0.15) is 0 Å². The lowest BCUT2D eigenvalue weighted by molar-refractivity contribution is 1.13. The fraction of sp³-hybridized carbons (Fsp3) is 0. The summed E-state index contributed by atoms with van der Waals surface area (Å²) in [6.07, 6.45) is 0. The highest BCUT2D eigenvalue weighted by Crippen LogP contribution is 2.43. The lowest BCUT2D eigenvalue weighted by Gasteiger charge is -2.17. The van der Waals surface area contributed by atoms with Crippen LogP contribution in [-0.4, -0.2) is 33.2 Å². The Kier molecular flexibility index (Phi) is 20.2. The molecule has 7 aromatic heterocycles. The Morgan fingerprint density at radius 1 is 0.108 bits per heavy atom. The average Bonchev–Trinajstić information content (AvgIpc) is 1.58. The zero-order chi connectivity index (χ0) is 86.2. The summed E-state index contributed by atoms with van der Waals surface area (Å²) in [6, 6.07) is 179. The van der Waals surface area contributed by atoms with Crippen molar-refractivity contribution in [1.29, 1.82) is 0 Å². The molecular formula is C123H83N7. The molecule has 18 aromatic carbocycles. The number of pyridine rings is 3. The topological polar surface area (TPSA) is 58.4 Å². The van der Waals surface area contributed by atoms with Gasteiger partial charge in [-0.3, -0.25) is 0 Å². The Labute approximate surface area is 753 Å².